The largest absolute Gasteiger partial charge is 0.282 e. The van der Waals surface area contributed by atoms with Gasteiger partial charge in [-0.15, -0.1) is 0 Å². The number of aromatic nitrogens is 2. The van der Waals surface area contributed by atoms with Gasteiger partial charge in [0, 0.05) is 11.1 Å². The Hall–Kier alpha value is -1.82. The Bertz CT molecular complexity index is 462. The second-order valence-corrected chi connectivity index (χ2v) is 2.69. The molecule has 0 aliphatic carbocycles. The van der Waals surface area contributed by atoms with Gasteiger partial charge in [0.1, 0.15) is 0 Å². The molecule has 1 heterocycles. The molecule has 1 aromatic carbocycles. The molecule has 0 atom stereocenters. The quantitative estimate of drug-likeness (QED) is 0.633. The molecule has 1 N–H and O–H groups in total. The lowest BCUT2D eigenvalue weighted by Gasteiger charge is -1.88. The van der Waals surface area contributed by atoms with Crippen molar-refractivity contribution in [3.8, 4) is 6.07 Å². The van der Waals surface area contributed by atoms with Crippen LogP contribution in [0.1, 0.15) is 11.3 Å². The number of H-pyrrole nitrogens is 1. The minimum absolute atomic E-state index is 0.647. The number of benzene rings is 1. The molecule has 0 amide bonds. The van der Waals surface area contributed by atoms with Crippen LogP contribution in [0.15, 0.2) is 18.2 Å². The lowest BCUT2D eigenvalue weighted by molar-refractivity contribution is 1.07. The number of hydrogen-bond acceptors (Lipinski definition) is 2. The number of aromatic amines is 1. The molecule has 58 valence electrons. The highest BCUT2D eigenvalue weighted by Crippen LogP contribution is 2.15. The summed E-state index contributed by atoms with van der Waals surface area (Å²) in [5.41, 5.74) is 2.54. The van der Waals surface area contributed by atoms with Crippen LogP contribution in [-0.4, -0.2) is 10.2 Å². The van der Waals surface area contributed by atoms with Gasteiger partial charge in [-0.2, -0.15) is 10.4 Å². The van der Waals surface area contributed by atoms with Crippen LogP contribution in [0.4, 0.5) is 0 Å². The van der Waals surface area contributed by atoms with E-state index in [0.29, 0.717) is 5.56 Å². The third kappa shape index (κ3) is 0.857. The van der Waals surface area contributed by atoms with Crippen molar-refractivity contribution in [2.24, 2.45) is 0 Å². The van der Waals surface area contributed by atoms with Gasteiger partial charge >= 0.3 is 0 Å². The molecule has 3 heteroatoms. The number of nitrogens with zero attached hydrogens (tertiary/aromatic N) is 2. The van der Waals surface area contributed by atoms with E-state index in [2.05, 4.69) is 16.3 Å². The predicted molar refractivity (Wildman–Crippen MR) is 45.5 cm³/mol. The summed E-state index contributed by atoms with van der Waals surface area (Å²) in [7, 11) is 0. The van der Waals surface area contributed by atoms with E-state index in [0.717, 1.165) is 16.6 Å². The zero-order valence-corrected chi connectivity index (χ0v) is 6.63. The standard InChI is InChI=1S/C9H7N3/c1-6-8-3-2-7(5-10)4-9(8)12-11-6/h2-4H,1H3,(H,11,12). The van der Waals surface area contributed by atoms with Gasteiger partial charge in [0.05, 0.1) is 17.1 Å². The fourth-order valence-corrected chi connectivity index (χ4v) is 1.22. The Balaban J connectivity index is 2.80. The molecule has 0 bridgehead atoms. The van der Waals surface area contributed by atoms with Crippen molar-refractivity contribution in [3.05, 3.63) is 29.5 Å². The van der Waals surface area contributed by atoms with Gasteiger partial charge in [0.15, 0.2) is 0 Å². The number of hydrogen-bond donors (Lipinski definition) is 1. The summed E-state index contributed by atoms with van der Waals surface area (Å²) in [4.78, 5) is 0. The van der Waals surface area contributed by atoms with Crippen molar-refractivity contribution in [1.82, 2.24) is 10.2 Å². The average molecular weight is 157 g/mol. The fraction of sp³-hybridized carbons (Fsp3) is 0.111. The molecule has 3 nitrogen and oxygen atoms in total. The summed E-state index contributed by atoms with van der Waals surface area (Å²) in [6, 6.07) is 7.56. The SMILES string of the molecule is Cc1[nH]nc2cc(C#N)ccc12. The first kappa shape index (κ1) is 6.86. The van der Waals surface area contributed by atoms with E-state index in [-0.39, 0.29) is 0 Å². The Morgan fingerprint density at radius 2 is 2.33 bits per heavy atom. The second-order valence-electron chi connectivity index (χ2n) is 2.69. The summed E-state index contributed by atoms with van der Waals surface area (Å²) in [5, 5.41) is 16.6. The molecule has 1 aromatic heterocycles. The van der Waals surface area contributed by atoms with Crippen LogP contribution < -0.4 is 0 Å². The normalized spacial score (nSPS) is 10.0. The maximum Gasteiger partial charge on any atom is 0.0992 e. The Kier molecular flexibility index (Phi) is 1.34. The van der Waals surface area contributed by atoms with E-state index >= 15 is 0 Å². The van der Waals surface area contributed by atoms with Gasteiger partial charge in [0.25, 0.3) is 0 Å². The van der Waals surface area contributed by atoms with E-state index < -0.39 is 0 Å². The Labute approximate surface area is 69.6 Å². The van der Waals surface area contributed by atoms with E-state index in [1.54, 1.807) is 12.1 Å². The molecule has 2 rings (SSSR count). The maximum absolute atomic E-state index is 8.62. The second kappa shape index (κ2) is 2.35. The first-order valence-corrected chi connectivity index (χ1v) is 3.66. The van der Waals surface area contributed by atoms with Crippen LogP contribution in [-0.2, 0) is 0 Å². The maximum atomic E-state index is 8.62. The van der Waals surface area contributed by atoms with Crippen LogP contribution in [0, 0.1) is 18.3 Å². The highest BCUT2D eigenvalue weighted by molar-refractivity contribution is 5.82. The zero-order chi connectivity index (χ0) is 8.55. The van der Waals surface area contributed by atoms with E-state index in [9.17, 15) is 0 Å². The van der Waals surface area contributed by atoms with Gasteiger partial charge in [-0.1, -0.05) is 0 Å². The molecule has 0 unspecified atom stereocenters. The lowest BCUT2D eigenvalue weighted by atomic mass is 10.1. The Morgan fingerprint density at radius 1 is 1.50 bits per heavy atom. The average Bonchev–Trinajstić information content (AvgIpc) is 2.47. The summed E-state index contributed by atoms with van der Waals surface area (Å²) < 4.78 is 0. The molecule has 12 heavy (non-hydrogen) atoms. The van der Waals surface area contributed by atoms with Crippen molar-refractivity contribution in [1.29, 1.82) is 5.26 Å². The smallest absolute Gasteiger partial charge is 0.0992 e. The molecule has 0 aliphatic rings. The van der Waals surface area contributed by atoms with E-state index in [1.807, 2.05) is 13.0 Å². The Morgan fingerprint density at radius 3 is 3.08 bits per heavy atom. The molecule has 0 fully saturated rings. The predicted octanol–water partition coefficient (Wildman–Crippen LogP) is 1.74. The van der Waals surface area contributed by atoms with Gasteiger partial charge < -0.3 is 0 Å². The van der Waals surface area contributed by atoms with Crippen LogP contribution in [0.5, 0.6) is 0 Å². The van der Waals surface area contributed by atoms with Crippen molar-refractivity contribution in [2.45, 2.75) is 6.92 Å². The van der Waals surface area contributed by atoms with Crippen LogP contribution in [0.25, 0.3) is 10.9 Å². The van der Waals surface area contributed by atoms with Crippen molar-refractivity contribution < 1.29 is 0 Å². The van der Waals surface area contributed by atoms with Gasteiger partial charge in [-0.3, -0.25) is 5.10 Å². The highest BCUT2D eigenvalue weighted by atomic mass is 15.1. The van der Waals surface area contributed by atoms with Crippen LogP contribution in [0.2, 0.25) is 0 Å². The van der Waals surface area contributed by atoms with Gasteiger partial charge in [-0.05, 0) is 25.1 Å². The summed E-state index contributed by atoms with van der Waals surface area (Å²) in [6.45, 7) is 1.96. The number of nitriles is 1. The van der Waals surface area contributed by atoms with Crippen molar-refractivity contribution in [3.63, 3.8) is 0 Å². The number of nitrogens with one attached hydrogen (secondary N) is 1. The van der Waals surface area contributed by atoms with Gasteiger partial charge in [-0.25, -0.2) is 0 Å². The third-order valence-electron chi connectivity index (χ3n) is 1.87. The molecule has 0 saturated carbocycles. The van der Waals surface area contributed by atoms with Crippen LogP contribution >= 0.6 is 0 Å². The molecule has 0 radical (unpaired) electrons. The molecule has 2 aromatic rings. The van der Waals surface area contributed by atoms with Crippen LogP contribution in [0.3, 0.4) is 0 Å². The monoisotopic (exact) mass is 157 g/mol. The third-order valence-corrected chi connectivity index (χ3v) is 1.87. The molecule has 0 aliphatic heterocycles. The number of rotatable bonds is 0. The first-order chi connectivity index (χ1) is 5.81. The fourth-order valence-electron chi connectivity index (χ4n) is 1.22. The molecule has 0 spiro atoms. The minimum atomic E-state index is 0.647. The highest BCUT2D eigenvalue weighted by Gasteiger charge is 2.00. The number of aryl methyl sites for hydroxylation is 1. The number of fused-ring (bicyclic) bond motifs is 1. The first-order valence-electron chi connectivity index (χ1n) is 3.66. The summed E-state index contributed by atoms with van der Waals surface area (Å²) in [5.74, 6) is 0. The lowest BCUT2D eigenvalue weighted by Crippen LogP contribution is -1.73. The molecule has 0 saturated heterocycles. The molecular formula is C9H7N3. The minimum Gasteiger partial charge on any atom is -0.282 e. The van der Waals surface area contributed by atoms with E-state index in [1.165, 1.54) is 0 Å². The molecular weight excluding hydrogens is 150 g/mol. The van der Waals surface area contributed by atoms with Crippen molar-refractivity contribution >= 4 is 10.9 Å². The van der Waals surface area contributed by atoms with Gasteiger partial charge in [0.2, 0.25) is 0 Å². The topological polar surface area (TPSA) is 52.5 Å². The summed E-state index contributed by atoms with van der Waals surface area (Å²) in [6.07, 6.45) is 0. The zero-order valence-electron chi connectivity index (χ0n) is 6.63. The van der Waals surface area contributed by atoms with E-state index in [4.69, 9.17) is 5.26 Å². The van der Waals surface area contributed by atoms with Crippen molar-refractivity contribution in [2.75, 3.05) is 0 Å². The summed E-state index contributed by atoms with van der Waals surface area (Å²) >= 11 is 0.